The van der Waals surface area contributed by atoms with Gasteiger partial charge in [0.2, 0.25) is 0 Å². The molecule has 1 unspecified atom stereocenters. The van der Waals surface area contributed by atoms with Crippen LogP contribution >= 0.6 is 0 Å². The van der Waals surface area contributed by atoms with E-state index < -0.39 is 28.7 Å². The molecule has 1 atom stereocenters. The minimum Gasteiger partial charge on any atom is -0.375 e. The molecule has 0 saturated heterocycles. The topological polar surface area (TPSA) is 54.5 Å². The molecule has 0 radical (unpaired) electrons. The lowest BCUT2D eigenvalue weighted by Crippen LogP contribution is -2.42. The number of hydrogen-bond donors (Lipinski definition) is 0. The van der Waals surface area contributed by atoms with Gasteiger partial charge in [-0.3, -0.25) is 14.4 Å². The van der Waals surface area contributed by atoms with E-state index in [2.05, 4.69) is 25.3 Å². The van der Waals surface area contributed by atoms with E-state index in [4.69, 9.17) is 0 Å². The highest BCUT2D eigenvalue weighted by atomic mass is 16.2. The fraction of sp³-hybridized carbons (Fsp3) is 0.370. The lowest BCUT2D eigenvalue weighted by atomic mass is 9.72. The Morgan fingerprint density at radius 2 is 1.74 bits per heavy atom. The molecule has 0 aromatic heterocycles. The fourth-order valence-electron chi connectivity index (χ4n) is 3.69. The van der Waals surface area contributed by atoms with Gasteiger partial charge < -0.3 is 4.90 Å². The summed E-state index contributed by atoms with van der Waals surface area (Å²) in [7, 11) is 0. The molecule has 0 saturated carbocycles. The third kappa shape index (κ3) is 5.57. The first kappa shape index (κ1) is 24.3. The highest BCUT2D eigenvalue weighted by molar-refractivity contribution is 6.31. The van der Waals surface area contributed by atoms with Crippen molar-refractivity contribution in [2.75, 3.05) is 6.54 Å². The van der Waals surface area contributed by atoms with Crippen molar-refractivity contribution < 1.29 is 14.4 Å². The molecular formula is C27H33NO3. The monoisotopic (exact) mass is 419 g/mol. The maximum absolute atomic E-state index is 13.8. The first-order chi connectivity index (χ1) is 14.6. The molecule has 2 rings (SSSR count). The van der Waals surface area contributed by atoms with Crippen molar-refractivity contribution in [1.29, 1.82) is 0 Å². The first-order valence-corrected chi connectivity index (χ1v) is 10.7. The molecule has 1 aromatic carbocycles. The van der Waals surface area contributed by atoms with Gasteiger partial charge in [0.15, 0.2) is 17.3 Å². The van der Waals surface area contributed by atoms with Crippen LogP contribution < -0.4 is 0 Å². The van der Waals surface area contributed by atoms with Gasteiger partial charge in [0.05, 0.1) is 0 Å². The van der Waals surface area contributed by atoms with Gasteiger partial charge in [0.1, 0.15) is 5.92 Å². The van der Waals surface area contributed by atoms with Crippen molar-refractivity contribution in [2.24, 2.45) is 11.3 Å². The summed E-state index contributed by atoms with van der Waals surface area (Å²) in [5.41, 5.74) is 0.772. The van der Waals surface area contributed by atoms with Crippen LogP contribution in [0, 0.1) is 11.3 Å². The molecular weight excluding hydrogens is 386 g/mol. The Hall–Kier alpha value is -3.01. The average Bonchev–Trinajstić information content (AvgIpc) is 2.74. The van der Waals surface area contributed by atoms with Crippen LogP contribution in [0.15, 0.2) is 78.6 Å². The number of carbonyl (C=O) groups excluding carboxylic acids is 3. The Morgan fingerprint density at radius 1 is 1.10 bits per heavy atom. The van der Waals surface area contributed by atoms with E-state index in [0.29, 0.717) is 16.7 Å². The zero-order valence-corrected chi connectivity index (χ0v) is 19.2. The number of rotatable bonds is 9. The smallest absolute Gasteiger partial charge is 0.181 e. The van der Waals surface area contributed by atoms with Crippen LogP contribution in [0.2, 0.25) is 0 Å². The van der Waals surface area contributed by atoms with Gasteiger partial charge >= 0.3 is 0 Å². The number of allylic oxidation sites excluding steroid dienone is 6. The summed E-state index contributed by atoms with van der Waals surface area (Å²) in [6.07, 6.45) is 9.03. The molecule has 0 spiro atoms. The number of benzene rings is 1. The summed E-state index contributed by atoms with van der Waals surface area (Å²) in [6, 6.07) is 8.78. The molecule has 164 valence electrons. The summed E-state index contributed by atoms with van der Waals surface area (Å²) < 4.78 is 0. The molecule has 0 aliphatic carbocycles. The van der Waals surface area contributed by atoms with Crippen molar-refractivity contribution in [3.05, 3.63) is 84.1 Å². The second kappa shape index (κ2) is 10.3. The molecule has 1 heterocycles. The van der Waals surface area contributed by atoms with Gasteiger partial charge in [-0.2, -0.15) is 0 Å². The van der Waals surface area contributed by atoms with Gasteiger partial charge in [-0.15, -0.1) is 0 Å². The van der Waals surface area contributed by atoms with Crippen molar-refractivity contribution in [3.8, 4) is 0 Å². The van der Waals surface area contributed by atoms with Crippen LogP contribution in [0.4, 0.5) is 0 Å². The normalized spacial score (nSPS) is 17.4. The number of hydrogen-bond acceptors (Lipinski definition) is 4. The Labute approximate surface area is 186 Å². The van der Waals surface area contributed by atoms with Crippen LogP contribution in [0.3, 0.4) is 0 Å². The Kier molecular flexibility index (Phi) is 8.09. The average molecular weight is 420 g/mol. The van der Waals surface area contributed by atoms with E-state index in [-0.39, 0.29) is 6.04 Å². The zero-order chi connectivity index (χ0) is 23.2. The number of nitrogens with zero attached hydrogens (tertiary/aromatic N) is 1. The molecule has 1 aliphatic rings. The minimum absolute atomic E-state index is 0.222. The van der Waals surface area contributed by atoms with E-state index in [1.54, 1.807) is 61.6 Å². The number of Topliss-reactive ketones (excluding diaryl/α,β-unsaturated/α-hetero) is 3. The molecule has 4 heteroatoms. The Balaban J connectivity index is 2.59. The maximum atomic E-state index is 13.8. The molecule has 0 amide bonds. The SMILES string of the molecule is C=C/C=C\C(=C/C)C(=O)C(C(=O)C1=CN(C(C)C)CCC1(C)C)C(=O)c1ccccc1. The van der Waals surface area contributed by atoms with Gasteiger partial charge in [-0.05, 0) is 32.6 Å². The summed E-state index contributed by atoms with van der Waals surface area (Å²) in [6.45, 7) is 14.3. The van der Waals surface area contributed by atoms with Crippen molar-refractivity contribution in [3.63, 3.8) is 0 Å². The largest absolute Gasteiger partial charge is 0.375 e. The van der Waals surface area contributed by atoms with Crippen molar-refractivity contribution in [1.82, 2.24) is 4.90 Å². The van der Waals surface area contributed by atoms with Gasteiger partial charge in [-0.1, -0.05) is 75.1 Å². The van der Waals surface area contributed by atoms with E-state index in [9.17, 15) is 14.4 Å². The lowest BCUT2D eigenvalue weighted by Gasteiger charge is -2.39. The molecule has 0 fully saturated rings. The van der Waals surface area contributed by atoms with Crippen LogP contribution in [0.1, 0.15) is 51.4 Å². The van der Waals surface area contributed by atoms with E-state index in [0.717, 1.165) is 13.0 Å². The van der Waals surface area contributed by atoms with E-state index in [1.807, 2.05) is 20.0 Å². The summed E-state index contributed by atoms with van der Waals surface area (Å²) in [5, 5.41) is 0. The van der Waals surface area contributed by atoms with Crippen LogP contribution in [-0.4, -0.2) is 34.8 Å². The molecule has 0 bridgehead atoms. The molecule has 1 aromatic rings. The van der Waals surface area contributed by atoms with Crippen LogP contribution in [-0.2, 0) is 9.59 Å². The second-order valence-corrected chi connectivity index (χ2v) is 8.74. The fourth-order valence-corrected chi connectivity index (χ4v) is 3.69. The summed E-state index contributed by atoms with van der Waals surface area (Å²) in [4.78, 5) is 42.8. The molecule has 31 heavy (non-hydrogen) atoms. The summed E-state index contributed by atoms with van der Waals surface area (Å²) in [5.74, 6) is -2.79. The highest BCUT2D eigenvalue weighted by Gasteiger charge is 2.42. The highest BCUT2D eigenvalue weighted by Crippen LogP contribution is 2.38. The second-order valence-electron chi connectivity index (χ2n) is 8.74. The third-order valence-corrected chi connectivity index (χ3v) is 5.80. The molecule has 4 nitrogen and oxygen atoms in total. The van der Waals surface area contributed by atoms with E-state index in [1.165, 1.54) is 0 Å². The predicted octanol–water partition coefficient (Wildman–Crippen LogP) is 5.34. The van der Waals surface area contributed by atoms with Gasteiger partial charge in [-0.25, -0.2) is 0 Å². The molecule has 1 aliphatic heterocycles. The standard InChI is InChI=1S/C27H33NO3/c1-7-9-13-20(8-2)24(29)23(25(30)21-14-11-10-12-15-21)26(31)22-18-28(19(3)4)17-16-27(22,5)6/h7-15,18-19,23H,1,16-17H2,2-6H3/b13-9-,20-8+. The predicted molar refractivity (Wildman–Crippen MR) is 126 cm³/mol. The lowest BCUT2D eigenvalue weighted by molar-refractivity contribution is -0.127. The van der Waals surface area contributed by atoms with Crippen LogP contribution in [0.25, 0.3) is 0 Å². The number of carbonyl (C=O) groups is 3. The van der Waals surface area contributed by atoms with Crippen molar-refractivity contribution in [2.45, 2.75) is 47.1 Å². The number of ketones is 3. The Bertz CT molecular complexity index is 932. The third-order valence-electron chi connectivity index (χ3n) is 5.80. The van der Waals surface area contributed by atoms with E-state index >= 15 is 0 Å². The zero-order valence-electron chi connectivity index (χ0n) is 19.2. The Morgan fingerprint density at radius 3 is 2.29 bits per heavy atom. The van der Waals surface area contributed by atoms with Gasteiger partial charge in [0.25, 0.3) is 0 Å². The first-order valence-electron chi connectivity index (χ1n) is 10.7. The quantitative estimate of drug-likeness (QED) is 0.235. The van der Waals surface area contributed by atoms with Gasteiger partial charge in [0, 0.05) is 35.5 Å². The van der Waals surface area contributed by atoms with Crippen LogP contribution in [0.5, 0.6) is 0 Å². The summed E-state index contributed by atoms with van der Waals surface area (Å²) >= 11 is 0. The molecule has 0 N–H and O–H groups in total. The van der Waals surface area contributed by atoms with Crippen molar-refractivity contribution >= 4 is 17.3 Å². The maximum Gasteiger partial charge on any atom is 0.181 e. The minimum atomic E-state index is -1.42.